The maximum absolute atomic E-state index is 13.3. The summed E-state index contributed by atoms with van der Waals surface area (Å²) in [7, 11) is 0. The predicted octanol–water partition coefficient (Wildman–Crippen LogP) is 5.83. The number of aliphatic carboxylic acids is 1. The van der Waals surface area contributed by atoms with Crippen LogP contribution in [0.15, 0.2) is 11.6 Å². The van der Waals surface area contributed by atoms with Crippen LogP contribution < -0.4 is 0 Å². The molecule has 4 rings (SSSR count). The number of unbranched alkanes of at least 4 members (excludes halogenated alkanes) is 2. The first-order valence-electron chi connectivity index (χ1n) is 11.8. The molecule has 0 aromatic carbocycles. The van der Waals surface area contributed by atoms with Gasteiger partial charge in [0.15, 0.2) is 0 Å². The number of fused-ring (bicyclic) bond motifs is 2. The molecule has 0 saturated heterocycles. The summed E-state index contributed by atoms with van der Waals surface area (Å²) < 4.78 is 0. The van der Waals surface area contributed by atoms with Gasteiger partial charge in [-0.05, 0) is 61.0 Å². The molecule has 0 amide bonds. The molecule has 29 heavy (non-hydrogen) atoms. The third kappa shape index (κ3) is 2.50. The molecule has 3 fully saturated rings. The lowest BCUT2D eigenvalue weighted by molar-refractivity contribution is -0.177. The molecule has 3 saturated carbocycles. The number of hydrogen-bond donors (Lipinski definition) is 1. The highest BCUT2D eigenvalue weighted by Gasteiger charge is 2.83. The number of carbonyl (C=O) groups is 2. The van der Waals surface area contributed by atoms with Gasteiger partial charge in [0, 0.05) is 11.2 Å². The Kier molecular flexibility index (Phi) is 5.50. The normalized spacial score (nSPS) is 44.8. The lowest BCUT2D eigenvalue weighted by atomic mass is 9.43. The summed E-state index contributed by atoms with van der Waals surface area (Å²) in [4.78, 5) is 26.2. The standard InChI is InChI=1S/C25H38O3S/c1-5-6-7-10-29-15-24-13-19-17(4)8-9-20(19)23(14-26)12-18(24)11-21(16(2)3)25(23,24)22(27)28/h11,14,16-20H,5-10,12-13,15H2,1-4H3,(H,27,28). The Labute approximate surface area is 180 Å². The van der Waals surface area contributed by atoms with E-state index >= 15 is 0 Å². The van der Waals surface area contributed by atoms with E-state index in [1.165, 1.54) is 19.3 Å². The maximum Gasteiger partial charge on any atom is 0.315 e. The second kappa shape index (κ2) is 7.43. The van der Waals surface area contributed by atoms with Gasteiger partial charge in [0.05, 0.1) is 5.41 Å². The molecule has 4 bridgehead atoms. The average Bonchev–Trinajstić information content (AvgIpc) is 3.25. The Bertz CT molecular complexity index is 715. The van der Waals surface area contributed by atoms with E-state index in [0.717, 1.165) is 49.0 Å². The van der Waals surface area contributed by atoms with Crippen LogP contribution in [0.25, 0.3) is 0 Å². The molecule has 7 atom stereocenters. The van der Waals surface area contributed by atoms with Crippen LogP contribution in [0.1, 0.15) is 72.6 Å². The molecule has 0 aromatic rings. The first-order chi connectivity index (χ1) is 13.8. The minimum absolute atomic E-state index is 0.176. The number of carboxylic acids is 1. The van der Waals surface area contributed by atoms with Crippen LogP contribution in [0.2, 0.25) is 0 Å². The highest BCUT2D eigenvalue weighted by Crippen LogP contribution is 2.83. The van der Waals surface area contributed by atoms with Crippen molar-refractivity contribution in [1.82, 2.24) is 0 Å². The van der Waals surface area contributed by atoms with Gasteiger partial charge in [-0.1, -0.05) is 58.6 Å². The van der Waals surface area contributed by atoms with Gasteiger partial charge < -0.3 is 9.90 Å². The van der Waals surface area contributed by atoms with Crippen molar-refractivity contribution in [2.24, 2.45) is 45.8 Å². The van der Waals surface area contributed by atoms with Crippen LogP contribution in [-0.2, 0) is 9.59 Å². The Morgan fingerprint density at radius 1 is 1.31 bits per heavy atom. The summed E-state index contributed by atoms with van der Waals surface area (Å²) in [5.74, 6) is 3.07. The molecule has 0 aromatic heterocycles. The minimum atomic E-state index is -0.983. The van der Waals surface area contributed by atoms with Crippen LogP contribution in [0.4, 0.5) is 0 Å². The van der Waals surface area contributed by atoms with Gasteiger partial charge in [-0.25, -0.2) is 0 Å². The van der Waals surface area contributed by atoms with Crippen molar-refractivity contribution in [1.29, 1.82) is 0 Å². The van der Waals surface area contributed by atoms with Crippen molar-refractivity contribution < 1.29 is 14.7 Å². The zero-order chi connectivity index (χ0) is 21.0. The first kappa shape index (κ1) is 21.5. The lowest BCUT2D eigenvalue weighted by Crippen LogP contribution is -2.63. The SMILES string of the molecule is CCCCCSCC12CC3C(C)CCC3C3(C=O)CC1C=C(C(C)C)C32C(=O)O. The number of aldehydes is 1. The fraction of sp³-hybridized carbons (Fsp3) is 0.840. The number of allylic oxidation sites excluding steroid dienone is 1. The number of thioether (sulfide) groups is 1. The maximum atomic E-state index is 13.3. The Morgan fingerprint density at radius 3 is 2.69 bits per heavy atom. The third-order valence-electron chi connectivity index (χ3n) is 9.37. The molecule has 7 unspecified atom stereocenters. The molecular formula is C25H38O3S. The molecular weight excluding hydrogens is 380 g/mol. The molecule has 3 nitrogen and oxygen atoms in total. The molecule has 4 aliphatic carbocycles. The van der Waals surface area contributed by atoms with Gasteiger partial charge in [-0.2, -0.15) is 11.8 Å². The number of rotatable bonds is 9. The monoisotopic (exact) mass is 418 g/mol. The molecule has 1 N–H and O–H groups in total. The molecule has 162 valence electrons. The number of hydrogen-bond acceptors (Lipinski definition) is 3. The largest absolute Gasteiger partial charge is 0.481 e. The summed E-state index contributed by atoms with van der Waals surface area (Å²) >= 11 is 1.96. The molecule has 4 heteroatoms. The predicted molar refractivity (Wildman–Crippen MR) is 119 cm³/mol. The van der Waals surface area contributed by atoms with Crippen molar-refractivity contribution in [3.05, 3.63) is 11.6 Å². The molecule has 0 radical (unpaired) electrons. The quantitative estimate of drug-likeness (QED) is 0.290. The van der Waals surface area contributed by atoms with Gasteiger partial charge in [-0.3, -0.25) is 4.79 Å². The van der Waals surface area contributed by atoms with Gasteiger partial charge in [0.2, 0.25) is 0 Å². The summed E-state index contributed by atoms with van der Waals surface area (Å²) in [6.45, 7) is 8.81. The van der Waals surface area contributed by atoms with Gasteiger partial charge in [0.1, 0.15) is 11.7 Å². The van der Waals surface area contributed by atoms with E-state index in [-0.39, 0.29) is 23.2 Å². The zero-order valence-corrected chi connectivity index (χ0v) is 19.4. The van der Waals surface area contributed by atoms with E-state index in [4.69, 9.17) is 0 Å². The van der Waals surface area contributed by atoms with Crippen molar-refractivity contribution >= 4 is 24.0 Å². The van der Waals surface area contributed by atoms with E-state index in [0.29, 0.717) is 11.8 Å². The minimum Gasteiger partial charge on any atom is -0.481 e. The van der Waals surface area contributed by atoms with E-state index < -0.39 is 16.8 Å². The van der Waals surface area contributed by atoms with Crippen LogP contribution in [-0.4, -0.2) is 28.9 Å². The fourth-order valence-electron chi connectivity index (χ4n) is 8.34. The Morgan fingerprint density at radius 2 is 2.07 bits per heavy atom. The first-order valence-corrected chi connectivity index (χ1v) is 13.0. The summed E-state index contributed by atoms with van der Waals surface area (Å²) in [5.41, 5.74) is -0.893. The highest BCUT2D eigenvalue weighted by atomic mass is 32.2. The topological polar surface area (TPSA) is 54.4 Å². The molecule has 0 heterocycles. The number of carbonyl (C=O) groups excluding carboxylic acids is 1. The van der Waals surface area contributed by atoms with E-state index in [2.05, 4.69) is 33.8 Å². The lowest BCUT2D eigenvalue weighted by Gasteiger charge is -2.58. The Balaban J connectivity index is 1.82. The van der Waals surface area contributed by atoms with Crippen molar-refractivity contribution in [3.63, 3.8) is 0 Å². The average molecular weight is 419 g/mol. The van der Waals surface area contributed by atoms with Gasteiger partial charge >= 0.3 is 5.97 Å². The van der Waals surface area contributed by atoms with Crippen molar-refractivity contribution in [3.8, 4) is 0 Å². The molecule has 0 aliphatic heterocycles. The van der Waals surface area contributed by atoms with Crippen molar-refractivity contribution in [2.75, 3.05) is 11.5 Å². The van der Waals surface area contributed by atoms with E-state index in [1.807, 2.05) is 11.8 Å². The Hall–Kier alpha value is -0.770. The van der Waals surface area contributed by atoms with Crippen LogP contribution in [0, 0.1) is 45.8 Å². The van der Waals surface area contributed by atoms with Crippen LogP contribution in [0.3, 0.4) is 0 Å². The van der Waals surface area contributed by atoms with E-state index in [1.54, 1.807) is 0 Å². The highest BCUT2D eigenvalue weighted by molar-refractivity contribution is 7.99. The zero-order valence-electron chi connectivity index (χ0n) is 18.6. The fourth-order valence-corrected chi connectivity index (χ4v) is 9.81. The molecule has 0 spiro atoms. The number of carboxylic acid groups (broad SMARTS) is 1. The van der Waals surface area contributed by atoms with Gasteiger partial charge in [-0.15, -0.1) is 0 Å². The summed E-state index contributed by atoms with van der Waals surface area (Å²) in [6, 6.07) is 0. The third-order valence-corrected chi connectivity index (χ3v) is 10.7. The smallest absolute Gasteiger partial charge is 0.315 e. The van der Waals surface area contributed by atoms with E-state index in [9.17, 15) is 14.7 Å². The van der Waals surface area contributed by atoms with Crippen LogP contribution >= 0.6 is 11.8 Å². The summed E-state index contributed by atoms with van der Waals surface area (Å²) in [6.07, 6.45) is 11.0. The van der Waals surface area contributed by atoms with Crippen LogP contribution in [0.5, 0.6) is 0 Å². The molecule has 4 aliphatic rings. The van der Waals surface area contributed by atoms with Crippen molar-refractivity contribution in [2.45, 2.75) is 72.6 Å². The second-order valence-corrected chi connectivity index (χ2v) is 11.9. The second-order valence-electron chi connectivity index (χ2n) is 10.7. The van der Waals surface area contributed by atoms with Gasteiger partial charge in [0.25, 0.3) is 0 Å². The summed E-state index contributed by atoms with van der Waals surface area (Å²) in [5, 5.41) is 10.9.